The lowest BCUT2D eigenvalue weighted by Gasteiger charge is -2.32. The first-order chi connectivity index (χ1) is 9.43. The summed E-state index contributed by atoms with van der Waals surface area (Å²) in [4.78, 5) is 0. The van der Waals surface area contributed by atoms with Crippen LogP contribution >= 0.6 is 0 Å². The summed E-state index contributed by atoms with van der Waals surface area (Å²) in [5.74, 6) is 0. The van der Waals surface area contributed by atoms with Gasteiger partial charge in [0.2, 0.25) is 0 Å². The summed E-state index contributed by atoms with van der Waals surface area (Å²) in [7, 11) is 0. The van der Waals surface area contributed by atoms with Gasteiger partial charge >= 0.3 is 0 Å². The van der Waals surface area contributed by atoms with Crippen LogP contribution in [-0.4, -0.2) is 10.7 Å². The van der Waals surface area contributed by atoms with Gasteiger partial charge in [-0.25, -0.2) is 0 Å². The largest absolute Gasteiger partial charge is 0.371 e. The van der Waals surface area contributed by atoms with Gasteiger partial charge in [-0.2, -0.15) is 0 Å². The van der Waals surface area contributed by atoms with Crippen molar-refractivity contribution >= 4 is 0 Å². The van der Waals surface area contributed by atoms with Crippen molar-refractivity contribution in [3.63, 3.8) is 0 Å². The van der Waals surface area contributed by atoms with Crippen LogP contribution in [0.2, 0.25) is 0 Å². The Morgan fingerprint density at radius 3 is 2.47 bits per heavy atom. The zero-order valence-corrected chi connectivity index (χ0v) is 11.2. The fourth-order valence-electron chi connectivity index (χ4n) is 2.96. The number of benzene rings is 1. The van der Waals surface area contributed by atoms with Crippen LogP contribution in [0.15, 0.2) is 54.9 Å². The molecule has 1 aliphatic rings. The van der Waals surface area contributed by atoms with E-state index in [4.69, 9.17) is 4.74 Å². The van der Waals surface area contributed by atoms with Crippen molar-refractivity contribution in [3.05, 3.63) is 60.4 Å². The van der Waals surface area contributed by atoms with Gasteiger partial charge < -0.3 is 9.30 Å². The Hall–Kier alpha value is -1.54. The minimum absolute atomic E-state index is 0.348. The van der Waals surface area contributed by atoms with Gasteiger partial charge in [-0.05, 0) is 30.5 Å². The predicted octanol–water partition coefficient (Wildman–Crippen LogP) is 4.19. The third kappa shape index (κ3) is 3.07. The van der Waals surface area contributed by atoms with Crippen molar-refractivity contribution in [1.29, 1.82) is 0 Å². The smallest absolute Gasteiger partial charge is 0.0786 e. The van der Waals surface area contributed by atoms with Gasteiger partial charge in [0.25, 0.3) is 0 Å². The van der Waals surface area contributed by atoms with Gasteiger partial charge in [-0.1, -0.05) is 43.2 Å². The second kappa shape index (κ2) is 6.07. The van der Waals surface area contributed by atoms with Crippen molar-refractivity contribution in [3.8, 4) is 0 Å². The minimum atomic E-state index is 0.348. The second-order valence-corrected chi connectivity index (χ2v) is 5.32. The maximum absolute atomic E-state index is 6.18. The zero-order chi connectivity index (χ0) is 12.9. The fourth-order valence-corrected chi connectivity index (χ4v) is 2.96. The summed E-state index contributed by atoms with van der Waals surface area (Å²) in [6.45, 7) is 0.725. The van der Waals surface area contributed by atoms with Crippen LogP contribution in [0.5, 0.6) is 0 Å². The zero-order valence-electron chi connectivity index (χ0n) is 11.2. The molecule has 2 nitrogen and oxygen atoms in total. The number of hydrogen-bond acceptors (Lipinski definition) is 1. The van der Waals surface area contributed by atoms with Crippen molar-refractivity contribution in [2.24, 2.45) is 0 Å². The molecular weight excluding hydrogens is 234 g/mol. The molecule has 19 heavy (non-hydrogen) atoms. The average Bonchev–Trinajstić information content (AvgIpc) is 3.01. The molecule has 0 aliphatic heterocycles. The van der Waals surface area contributed by atoms with Crippen LogP contribution < -0.4 is 0 Å². The summed E-state index contributed by atoms with van der Waals surface area (Å²) >= 11 is 0. The lowest BCUT2D eigenvalue weighted by Crippen LogP contribution is -2.29. The first-order valence-corrected chi connectivity index (χ1v) is 7.21. The standard InChI is InChI=1S/C17H21NO/c1-2-8-15(9-3-1)14-19-17-11-5-4-10-16(17)18-12-6-7-13-18/h1-3,6-9,12-13,16-17H,4-5,10-11,14H2/t16-,17-/m1/s1. The van der Waals surface area contributed by atoms with E-state index < -0.39 is 0 Å². The van der Waals surface area contributed by atoms with Crippen LogP contribution in [0.1, 0.15) is 37.3 Å². The van der Waals surface area contributed by atoms with Crippen molar-refractivity contribution < 1.29 is 4.74 Å². The highest BCUT2D eigenvalue weighted by molar-refractivity contribution is 5.13. The molecule has 2 heteroatoms. The maximum Gasteiger partial charge on any atom is 0.0786 e. The van der Waals surface area contributed by atoms with Crippen LogP contribution in [0.25, 0.3) is 0 Å². The molecule has 1 aromatic heterocycles. The normalized spacial score (nSPS) is 23.4. The van der Waals surface area contributed by atoms with Crippen molar-refractivity contribution in [1.82, 2.24) is 4.57 Å². The molecular formula is C17H21NO. The first-order valence-electron chi connectivity index (χ1n) is 7.21. The van der Waals surface area contributed by atoms with E-state index >= 15 is 0 Å². The van der Waals surface area contributed by atoms with Crippen LogP contribution in [0.3, 0.4) is 0 Å². The molecule has 0 N–H and O–H groups in total. The Bertz CT molecular complexity index is 477. The van der Waals surface area contributed by atoms with Gasteiger partial charge in [-0.15, -0.1) is 0 Å². The lowest BCUT2D eigenvalue weighted by atomic mass is 9.92. The fraction of sp³-hybridized carbons (Fsp3) is 0.412. The van der Waals surface area contributed by atoms with Crippen LogP contribution in [0, 0.1) is 0 Å². The summed E-state index contributed by atoms with van der Waals surface area (Å²) in [6.07, 6.45) is 9.68. The summed E-state index contributed by atoms with van der Waals surface area (Å²) in [5, 5.41) is 0. The van der Waals surface area contributed by atoms with Crippen molar-refractivity contribution in [2.75, 3.05) is 0 Å². The summed E-state index contributed by atoms with van der Waals surface area (Å²) in [5.41, 5.74) is 1.26. The SMILES string of the molecule is c1ccc(CO[C@@H]2CCCC[C@H]2n2cccc2)cc1. The Balaban J connectivity index is 1.64. The average molecular weight is 255 g/mol. The number of nitrogens with zero attached hydrogens (tertiary/aromatic N) is 1. The molecule has 2 aromatic rings. The van der Waals surface area contributed by atoms with E-state index in [2.05, 4.69) is 53.4 Å². The molecule has 3 rings (SSSR count). The Morgan fingerprint density at radius 1 is 0.947 bits per heavy atom. The highest BCUT2D eigenvalue weighted by atomic mass is 16.5. The first kappa shape index (κ1) is 12.5. The number of aromatic nitrogens is 1. The molecule has 0 unspecified atom stereocenters. The maximum atomic E-state index is 6.18. The van der Waals surface area contributed by atoms with Gasteiger partial charge in [0, 0.05) is 12.4 Å². The third-order valence-corrected chi connectivity index (χ3v) is 3.99. The molecule has 1 saturated carbocycles. The predicted molar refractivity (Wildman–Crippen MR) is 77.0 cm³/mol. The molecule has 0 spiro atoms. The quantitative estimate of drug-likeness (QED) is 0.799. The molecule has 0 bridgehead atoms. The molecule has 1 heterocycles. The summed E-state index contributed by atoms with van der Waals surface area (Å²) < 4.78 is 8.50. The Labute approximate surface area is 115 Å². The molecule has 0 amide bonds. The molecule has 0 radical (unpaired) electrons. The van der Waals surface area contributed by atoms with E-state index in [1.807, 2.05) is 6.07 Å². The highest BCUT2D eigenvalue weighted by Gasteiger charge is 2.26. The van der Waals surface area contributed by atoms with Crippen molar-refractivity contribution in [2.45, 2.75) is 44.4 Å². The monoisotopic (exact) mass is 255 g/mol. The van der Waals surface area contributed by atoms with Crippen LogP contribution in [0.4, 0.5) is 0 Å². The van der Waals surface area contributed by atoms with E-state index in [9.17, 15) is 0 Å². The van der Waals surface area contributed by atoms with Gasteiger partial charge in [0.1, 0.15) is 0 Å². The van der Waals surface area contributed by atoms with Gasteiger partial charge in [0.05, 0.1) is 18.8 Å². The molecule has 0 saturated heterocycles. The lowest BCUT2D eigenvalue weighted by molar-refractivity contribution is -0.0162. The van der Waals surface area contributed by atoms with E-state index in [0.29, 0.717) is 12.1 Å². The van der Waals surface area contributed by atoms with Gasteiger partial charge in [0.15, 0.2) is 0 Å². The molecule has 1 aromatic carbocycles. The molecule has 100 valence electrons. The number of rotatable bonds is 4. The van der Waals surface area contributed by atoms with Crippen LogP contribution in [-0.2, 0) is 11.3 Å². The van der Waals surface area contributed by atoms with E-state index in [1.165, 1.54) is 31.2 Å². The van der Waals surface area contributed by atoms with E-state index in [1.54, 1.807) is 0 Å². The van der Waals surface area contributed by atoms with E-state index in [0.717, 1.165) is 6.61 Å². The molecule has 2 atom stereocenters. The highest BCUT2D eigenvalue weighted by Crippen LogP contribution is 2.31. The number of hydrogen-bond donors (Lipinski definition) is 0. The van der Waals surface area contributed by atoms with Gasteiger partial charge in [-0.3, -0.25) is 0 Å². The topological polar surface area (TPSA) is 14.2 Å². The number of ether oxygens (including phenoxy) is 1. The summed E-state index contributed by atoms with van der Waals surface area (Å²) in [6, 6.07) is 15.2. The third-order valence-electron chi connectivity index (χ3n) is 3.99. The molecule has 1 fully saturated rings. The second-order valence-electron chi connectivity index (χ2n) is 5.32. The van der Waals surface area contributed by atoms with E-state index in [-0.39, 0.29) is 0 Å². The minimum Gasteiger partial charge on any atom is -0.371 e. The Morgan fingerprint density at radius 2 is 1.68 bits per heavy atom. The molecule has 1 aliphatic carbocycles. The Kier molecular flexibility index (Phi) is 3.99.